The Morgan fingerprint density at radius 2 is 2.00 bits per heavy atom. The third-order valence-corrected chi connectivity index (χ3v) is 4.95. The lowest BCUT2D eigenvalue weighted by Gasteiger charge is -2.32. The molecule has 6 heteroatoms. The van der Waals surface area contributed by atoms with Crippen molar-refractivity contribution in [2.75, 3.05) is 13.1 Å². The minimum Gasteiger partial charge on any atom is -0.341 e. The molecule has 3 heterocycles. The molecule has 6 nitrogen and oxygen atoms in total. The number of carbonyl (C=O) groups is 1. The van der Waals surface area contributed by atoms with Gasteiger partial charge in [-0.25, -0.2) is 15.0 Å². The Labute approximate surface area is 158 Å². The van der Waals surface area contributed by atoms with Gasteiger partial charge in [-0.15, -0.1) is 0 Å². The minimum atomic E-state index is 0.0907. The molecule has 1 N–H and O–H groups in total. The Morgan fingerprint density at radius 1 is 1.19 bits per heavy atom. The molecule has 1 aliphatic heterocycles. The van der Waals surface area contributed by atoms with Gasteiger partial charge < -0.3 is 9.88 Å². The van der Waals surface area contributed by atoms with Crippen LogP contribution in [-0.4, -0.2) is 43.8 Å². The highest BCUT2D eigenvalue weighted by molar-refractivity contribution is 5.94. The van der Waals surface area contributed by atoms with Crippen molar-refractivity contribution in [3.05, 3.63) is 65.4 Å². The first kappa shape index (κ1) is 17.4. The van der Waals surface area contributed by atoms with E-state index in [2.05, 4.69) is 19.9 Å². The van der Waals surface area contributed by atoms with Crippen LogP contribution in [0.2, 0.25) is 0 Å². The van der Waals surface area contributed by atoms with E-state index in [-0.39, 0.29) is 11.8 Å². The van der Waals surface area contributed by atoms with Crippen LogP contribution in [0.5, 0.6) is 0 Å². The van der Waals surface area contributed by atoms with Gasteiger partial charge in [-0.05, 0) is 44.9 Å². The van der Waals surface area contributed by atoms with Gasteiger partial charge in [0.05, 0.1) is 0 Å². The van der Waals surface area contributed by atoms with E-state index in [4.69, 9.17) is 0 Å². The number of imidazole rings is 1. The standard InChI is InChI=1S/C21H23N5O/c1-14-12-22-20(23-14)19-11-18(24-15(2)25-19)17-9-6-10-26(13-17)21(27)16-7-4-3-5-8-16/h3-5,7-8,11-12,17H,6,9-10,13H2,1-2H3,(H,22,23)/t17-/m1/s1. The minimum absolute atomic E-state index is 0.0907. The van der Waals surface area contributed by atoms with Crippen molar-refractivity contribution in [1.82, 2.24) is 24.8 Å². The van der Waals surface area contributed by atoms with E-state index in [1.807, 2.05) is 55.1 Å². The zero-order valence-corrected chi connectivity index (χ0v) is 15.6. The summed E-state index contributed by atoms with van der Waals surface area (Å²) in [7, 11) is 0. The molecule has 0 spiro atoms. The van der Waals surface area contributed by atoms with Gasteiger partial charge in [-0.1, -0.05) is 18.2 Å². The van der Waals surface area contributed by atoms with Crippen LogP contribution < -0.4 is 0 Å². The third kappa shape index (κ3) is 3.74. The summed E-state index contributed by atoms with van der Waals surface area (Å²) in [6.45, 7) is 5.34. The Kier molecular flexibility index (Phi) is 4.71. The maximum Gasteiger partial charge on any atom is 0.253 e. The normalized spacial score (nSPS) is 17.1. The van der Waals surface area contributed by atoms with Crippen molar-refractivity contribution >= 4 is 5.91 Å². The summed E-state index contributed by atoms with van der Waals surface area (Å²) in [6, 6.07) is 11.5. The molecule has 1 amide bonds. The molecule has 0 aliphatic carbocycles. The Morgan fingerprint density at radius 3 is 2.74 bits per heavy atom. The summed E-state index contributed by atoms with van der Waals surface area (Å²) < 4.78 is 0. The molecule has 0 unspecified atom stereocenters. The number of aromatic amines is 1. The summed E-state index contributed by atoms with van der Waals surface area (Å²) in [5.74, 6) is 1.78. The highest BCUT2D eigenvalue weighted by Crippen LogP contribution is 2.28. The topological polar surface area (TPSA) is 74.8 Å². The fourth-order valence-corrected chi connectivity index (χ4v) is 3.63. The summed E-state index contributed by atoms with van der Waals surface area (Å²) in [5, 5.41) is 0. The smallest absolute Gasteiger partial charge is 0.253 e. The summed E-state index contributed by atoms with van der Waals surface area (Å²) in [6.07, 6.45) is 3.79. The van der Waals surface area contributed by atoms with Gasteiger partial charge in [-0.2, -0.15) is 0 Å². The van der Waals surface area contributed by atoms with Crippen molar-refractivity contribution < 1.29 is 4.79 Å². The summed E-state index contributed by atoms with van der Waals surface area (Å²) >= 11 is 0. The molecule has 4 rings (SSSR count). The lowest BCUT2D eigenvalue weighted by molar-refractivity contribution is 0.0706. The quantitative estimate of drug-likeness (QED) is 0.775. The van der Waals surface area contributed by atoms with Crippen molar-refractivity contribution in [2.24, 2.45) is 0 Å². The van der Waals surface area contributed by atoms with Crippen molar-refractivity contribution in [2.45, 2.75) is 32.6 Å². The van der Waals surface area contributed by atoms with E-state index < -0.39 is 0 Å². The van der Waals surface area contributed by atoms with E-state index in [0.29, 0.717) is 6.54 Å². The number of nitrogens with one attached hydrogen (secondary N) is 1. The van der Waals surface area contributed by atoms with Gasteiger partial charge in [0.2, 0.25) is 0 Å². The number of hydrogen-bond acceptors (Lipinski definition) is 4. The Hall–Kier alpha value is -3.02. The number of aryl methyl sites for hydroxylation is 2. The summed E-state index contributed by atoms with van der Waals surface area (Å²) in [4.78, 5) is 31.6. The van der Waals surface area contributed by atoms with Gasteiger partial charge >= 0.3 is 0 Å². The molecule has 1 aromatic carbocycles. The number of carbonyl (C=O) groups excluding carboxylic acids is 1. The number of benzene rings is 1. The molecule has 1 saturated heterocycles. The van der Waals surface area contributed by atoms with Gasteiger partial charge in [0.1, 0.15) is 11.5 Å². The van der Waals surface area contributed by atoms with E-state index in [1.54, 1.807) is 6.20 Å². The highest BCUT2D eigenvalue weighted by atomic mass is 16.2. The number of aromatic nitrogens is 4. The fraction of sp³-hybridized carbons (Fsp3) is 0.333. The zero-order valence-electron chi connectivity index (χ0n) is 15.6. The molecule has 1 aliphatic rings. The zero-order chi connectivity index (χ0) is 18.8. The number of H-pyrrole nitrogens is 1. The van der Waals surface area contributed by atoms with Gasteiger partial charge in [0.25, 0.3) is 5.91 Å². The third-order valence-electron chi connectivity index (χ3n) is 4.95. The second-order valence-corrected chi connectivity index (χ2v) is 7.10. The van der Waals surface area contributed by atoms with Crippen LogP contribution in [0.3, 0.4) is 0 Å². The van der Waals surface area contributed by atoms with E-state index >= 15 is 0 Å². The van der Waals surface area contributed by atoms with E-state index in [0.717, 1.165) is 53.7 Å². The molecule has 138 valence electrons. The molecular formula is C21H23N5O. The average molecular weight is 361 g/mol. The second-order valence-electron chi connectivity index (χ2n) is 7.10. The maximum absolute atomic E-state index is 12.8. The number of hydrogen-bond donors (Lipinski definition) is 1. The largest absolute Gasteiger partial charge is 0.341 e. The maximum atomic E-state index is 12.8. The fourth-order valence-electron chi connectivity index (χ4n) is 3.63. The van der Waals surface area contributed by atoms with Crippen molar-refractivity contribution in [1.29, 1.82) is 0 Å². The highest BCUT2D eigenvalue weighted by Gasteiger charge is 2.27. The van der Waals surface area contributed by atoms with Gasteiger partial charge in [0, 0.05) is 42.2 Å². The van der Waals surface area contributed by atoms with Crippen LogP contribution in [-0.2, 0) is 0 Å². The predicted molar refractivity (Wildman–Crippen MR) is 103 cm³/mol. The lowest BCUT2D eigenvalue weighted by atomic mass is 9.93. The number of likely N-dealkylation sites (tertiary alicyclic amines) is 1. The van der Waals surface area contributed by atoms with E-state index in [9.17, 15) is 4.79 Å². The molecular weight excluding hydrogens is 338 g/mol. The molecule has 27 heavy (non-hydrogen) atoms. The van der Waals surface area contributed by atoms with Crippen molar-refractivity contribution in [3.63, 3.8) is 0 Å². The molecule has 1 fully saturated rings. The van der Waals surface area contributed by atoms with Crippen LogP contribution in [0.4, 0.5) is 0 Å². The molecule has 0 bridgehead atoms. The SMILES string of the molecule is Cc1nc(-c2ncc(C)[nH]2)cc([C@@H]2CCCN(C(=O)c3ccccc3)C2)n1. The van der Waals surface area contributed by atoms with E-state index in [1.165, 1.54) is 0 Å². The first-order chi connectivity index (χ1) is 13.1. The monoisotopic (exact) mass is 361 g/mol. The van der Waals surface area contributed by atoms with Crippen molar-refractivity contribution in [3.8, 4) is 11.5 Å². The van der Waals surface area contributed by atoms with Crippen LogP contribution >= 0.6 is 0 Å². The average Bonchev–Trinajstić information content (AvgIpc) is 3.14. The Bertz CT molecular complexity index is 950. The first-order valence-corrected chi connectivity index (χ1v) is 9.32. The molecule has 0 saturated carbocycles. The molecule has 3 aromatic rings. The van der Waals surface area contributed by atoms with Gasteiger partial charge in [-0.3, -0.25) is 4.79 Å². The molecule has 1 atom stereocenters. The number of piperidine rings is 1. The van der Waals surface area contributed by atoms with Gasteiger partial charge in [0.15, 0.2) is 5.82 Å². The number of amides is 1. The summed E-state index contributed by atoms with van der Waals surface area (Å²) in [5.41, 5.74) is 3.53. The molecule has 0 radical (unpaired) electrons. The van der Waals surface area contributed by atoms with Crippen LogP contribution in [0.25, 0.3) is 11.5 Å². The number of nitrogens with zero attached hydrogens (tertiary/aromatic N) is 4. The Balaban J connectivity index is 1.58. The lowest BCUT2D eigenvalue weighted by Crippen LogP contribution is -2.39. The van der Waals surface area contributed by atoms with Crippen LogP contribution in [0, 0.1) is 13.8 Å². The predicted octanol–water partition coefficient (Wildman–Crippen LogP) is 3.50. The number of rotatable bonds is 3. The second kappa shape index (κ2) is 7.31. The van der Waals surface area contributed by atoms with Crippen LogP contribution in [0.15, 0.2) is 42.6 Å². The first-order valence-electron chi connectivity index (χ1n) is 9.32. The molecule has 2 aromatic heterocycles. The van der Waals surface area contributed by atoms with Crippen LogP contribution in [0.1, 0.15) is 46.3 Å².